The van der Waals surface area contributed by atoms with Gasteiger partial charge in [-0.25, -0.2) is 0 Å². The van der Waals surface area contributed by atoms with Gasteiger partial charge in [0.05, 0.1) is 26.2 Å². The van der Waals surface area contributed by atoms with Gasteiger partial charge in [-0.1, -0.05) is 37.6 Å². The van der Waals surface area contributed by atoms with Crippen molar-refractivity contribution in [1.82, 2.24) is 5.32 Å². The van der Waals surface area contributed by atoms with Crippen molar-refractivity contribution in [2.75, 3.05) is 25.7 Å². The first kappa shape index (κ1) is 23.6. The van der Waals surface area contributed by atoms with E-state index < -0.39 is 6.04 Å². The normalized spacial score (nSPS) is 18.6. The van der Waals surface area contributed by atoms with E-state index in [-0.39, 0.29) is 17.7 Å². The number of methoxy groups -OCH3 is 2. The highest BCUT2D eigenvalue weighted by atomic mass is 16.5. The van der Waals surface area contributed by atoms with Gasteiger partial charge >= 0.3 is 0 Å². The van der Waals surface area contributed by atoms with Gasteiger partial charge in [0.2, 0.25) is 11.8 Å². The third-order valence-corrected chi connectivity index (χ3v) is 6.02. The molecule has 6 nitrogen and oxygen atoms in total. The molecule has 2 aromatic rings. The molecule has 0 aromatic heterocycles. The zero-order chi connectivity index (χ0) is 23.3. The molecule has 1 aliphatic heterocycles. The summed E-state index contributed by atoms with van der Waals surface area (Å²) in [5.41, 5.74) is 2.75. The summed E-state index contributed by atoms with van der Waals surface area (Å²) in [4.78, 5) is 28.2. The average Bonchev–Trinajstić information content (AvgIpc) is 2.78. The fourth-order valence-corrected chi connectivity index (χ4v) is 4.21. The van der Waals surface area contributed by atoms with Crippen molar-refractivity contribution in [3.63, 3.8) is 0 Å². The maximum Gasteiger partial charge on any atom is 0.227 e. The number of nitrogens with zero attached hydrogens (tertiary/aromatic N) is 1. The summed E-state index contributed by atoms with van der Waals surface area (Å²) >= 11 is 0. The van der Waals surface area contributed by atoms with Crippen molar-refractivity contribution < 1.29 is 19.1 Å². The Morgan fingerprint density at radius 1 is 1.09 bits per heavy atom. The van der Waals surface area contributed by atoms with Gasteiger partial charge in [-0.2, -0.15) is 0 Å². The van der Waals surface area contributed by atoms with Crippen LogP contribution in [0.15, 0.2) is 42.5 Å². The van der Waals surface area contributed by atoms with Gasteiger partial charge in [0, 0.05) is 18.7 Å². The molecule has 3 rings (SSSR count). The van der Waals surface area contributed by atoms with E-state index in [0.717, 1.165) is 23.2 Å². The van der Waals surface area contributed by atoms with Gasteiger partial charge < -0.3 is 19.7 Å². The van der Waals surface area contributed by atoms with Crippen LogP contribution in [0.5, 0.6) is 11.5 Å². The van der Waals surface area contributed by atoms with E-state index in [0.29, 0.717) is 36.8 Å². The number of nitrogens with one attached hydrogen (secondary N) is 1. The number of piperidine rings is 1. The summed E-state index contributed by atoms with van der Waals surface area (Å²) in [5.74, 6) is 1.33. The van der Waals surface area contributed by atoms with E-state index in [1.165, 1.54) is 0 Å². The van der Waals surface area contributed by atoms with Crippen LogP contribution in [0.1, 0.15) is 50.3 Å². The van der Waals surface area contributed by atoms with Crippen LogP contribution in [0.3, 0.4) is 0 Å². The topological polar surface area (TPSA) is 67.9 Å². The lowest BCUT2D eigenvalue weighted by Gasteiger charge is -2.41. The molecule has 1 aliphatic rings. The van der Waals surface area contributed by atoms with Crippen LogP contribution < -0.4 is 19.7 Å². The summed E-state index contributed by atoms with van der Waals surface area (Å²) < 4.78 is 10.9. The Labute approximate surface area is 190 Å². The molecule has 2 aromatic carbocycles. The van der Waals surface area contributed by atoms with Crippen LogP contribution in [0.4, 0.5) is 5.69 Å². The Kier molecular flexibility index (Phi) is 7.78. The number of benzene rings is 2. The molecule has 0 radical (unpaired) electrons. The Hall–Kier alpha value is -3.02. The Morgan fingerprint density at radius 2 is 1.78 bits per heavy atom. The summed E-state index contributed by atoms with van der Waals surface area (Å²) in [6.45, 7) is 6.91. The number of amides is 2. The molecule has 32 heavy (non-hydrogen) atoms. The van der Waals surface area contributed by atoms with Gasteiger partial charge in [0.25, 0.3) is 0 Å². The molecule has 2 atom stereocenters. The second kappa shape index (κ2) is 10.5. The molecule has 0 aliphatic carbocycles. The lowest BCUT2D eigenvalue weighted by atomic mass is 9.83. The standard InChI is InChI=1S/C26H34N2O4/c1-17(2)14-15-27-26(30)21-11-13-24(29)28(20-9-6-18(3)7-10-20)25(21)19-8-12-22(31-4)23(16-19)32-5/h6-10,12,16-17,21,25H,11,13-15H2,1-5H3,(H,27,30). The highest BCUT2D eigenvalue weighted by Crippen LogP contribution is 2.42. The van der Waals surface area contributed by atoms with Crippen LogP contribution in [-0.2, 0) is 9.59 Å². The van der Waals surface area contributed by atoms with Crippen molar-refractivity contribution in [3.05, 3.63) is 53.6 Å². The summed E-state index contributed by atoms with van der Waals surface area (Å²) in [5, 5.41) is 3.10. The average molecular weight is 439 g/mol. The molecule has 1 heterocycles. The number of hydrogen-bond acceptors (Lipinski definition) is 4. The number of carbonyl (C=O) groups excluding carboxylic acids is 2. The molecule has 172 valence electrons. The van der Waals surface area contributed by atoms with Crippen molar-refractivity contribution in [1.29, 1.82) is 0 Å². The van der Waals surface area contributed by atoms with Gasteiger partial charge in [-0.15, -0.1) is 0 Å². The minimum absolute atomic E-state index is 0.0138. The second-order valence-corrected chi connectivity index (χ2v) is 8.78. The van der Waals surface area contributed by atoms with Crippen LogP contribution in [0, 0.1) is 18.8 Å². The van der Waals surface area contributed by atoms with Crippen molar-refractivity contribution >= 4 is 17.5 Å². The third kappa shape index (κ3) is 5.23. The first-order valence-electron chi connectivity index (χ1n) is 11.2. The Bertz CT molecular complexity index is 939. The van der Waals surface area contributed by atoms with Gasteiger partial charge in [0.1, 0.15) is 0 Å². The Balaban J connectivity index is 2.03. The highest BCUT2D eigenvalue weighted by Gasteiger charge is 2.41. The van der Waals surface area contributed by atoms with Gasteiger partial charge in [-0.05, 0) is 55.5 Å². The molecule has 2 unspecified atom stereocenters. The zero-order valence-electron chi connectivity index (χ0n) is 19.7. The smallest absolute Gasteiger partial charge is 0.227 e. The molecule has 6 heteroatoms. The van der Waals surface area contributed by atoms with Crippen molar-refractivity contribution in [2.24, 2.45) is 11.8 Å². The second-order valence-electron chi connectivity index (χ2n) is 8.78. The summed E-state index contributed by atoms with van der Waals surface area (Å²) in [6.07, 6.45) is 1.76. The first-order valence-corrected chi connectivity index (χ1v) is 11.2. The number of ether oxygens (including phenoxy) is 2. The van der Waals surface area contributed by atoms with Crippen LogP contribution in [0.2, 0.25) is 0 Å². The van der Waals surface area contributed by atoms with Crippen LogP contribution in [-0.4, -0.2) is 32.6 Å². The number of aryl methyl sites for hydroxylation is 1. The molecular weight excluding hydrogens is 404 g/mol. The molecule has 1 fully saturated rings. The van der Waals surface area contributed by atoms with E-state index in [1.807, 2.05) is 49.4 Å². The quantitative estimate of drug-likeness (QED) is 0.651. The van der Waals surface area contributed by atoms with Crippen LogP contribution in [0.25, 0.3) is 0 Å². The number of anilines is 1. The predicted molar refractivity (Wildman–Crippen MR) is 126 cm³/mol. The minimum atomic E-state index is -0.433. The molecule has 2 amide bonds. The largest absolute Gasteiger partial charge is 0.493 e. The lowest BCUT2D eigenvalue weighted by Crippen LogP contribution is -2.48. The maximum absolute atomic E-state index is 13.3. The van der Waals surface area contributed by atoms with E-state index in [2.05, 4.69) is 19.2 Å². The molecule has 0 bridgehead atoms. The first-order chi connectivity index (χ1) is 15.3. The van der Waals surface area contributed by atoms with E-state index in [1.54, 1.807) is 19.1 Å². The summed E-state index contributed by atoms with van der Waals surface area (Å²) in [7, 11) is 3.17. The highest BCUT2D eigenvalue weighted by molar-refractivity contribution is 5.97. The third-order valence-electron chi connectivity index (χ3n) is 6.02. The maximum atomic E-state index is 13.3. The molecule has 0 saturated carbocycles. The molecule has 1 N–H and O–H groups in total. The fraction of sp³-hybridized carbons (Fsp3) is 0.462. The van der Waals surface area contributed by atoms with Crippen molar-refractivity contribution in [2.45, 2.75) is 46.1 Å². The number of hydrogen-bond donors (Lipinski definition) is 1. The minimum Gasteiger partial charge on any atom is -0.493 e. The summed E-state index contributed by atoms with van der Waals surface area (Å²) in [6, 6.07) is 13.0. The Morgan fingerprint density at radius 3 is 2.41 bits per heavy atom. The fourth-order valence-electron chi connectivity index (χ4n) is 4.21. The van der Waals surface area contributed by atoms with E-state index >= 15 is 0 Å². The molecule has 0 spiro atoms. The molecule has 1 saturated heterocycles. The molecular formula is C26H34N2O4. The number of rotatable bonds is 8. The zero-order valence-corrected chi connectivity index (χ0v) is 19.7. The number of carbonyl (C=O) groups is 2. The van der Waals surface area contributed by atoms with Crippen molar-refractivity contribution in [3.8, 4) is 11.5 Å². The van der Waals surface area contributed by atoms with E-state index in [9.17, 15) is 9.59 Å². The SMILES string of the molecule is COc1ccc(C2C(C(=O)NCCC(C)C)CCC(=O)N2c2ccc(C)cc2)cc1OC. The lowest BCUT2D eigenvalue weighted by molar-refractivity contribution is -0.129. The predicted octanol–water partition coefficient (Wildman–Crippen LogP) is 4.66. The van der Waals surface area contributed by atoms with E-state index in [4.69, 9.17) is 9.47 Å². The van der Waals surface area contributed by atoms with Crippen LogP contribution >= 0.6 is 0 Å². The van der Waals surface area contributed by atoms with Gasteiger partial charge in [0.15, 0.2) is 11.5 Å². The monoisotopic (exact) mass is 438 g/mol. The van der Waals surface area contributed by atoms with Gasteiger partial charge in [-0.3, -0.25) is 9.59 Å².